The molecule has 0 aromatic heterocycles. The third kappa shape index (κ3) is 2.38. The lowest BCUT2D eigenvalue weighted by molar-refractivity contribution is -0.171. The van der Waals surface area contributed by atoms with Crippen molar-refractivity contribution < 1.29 is 29.0 Å². The Morgan fingerprint density at radius 3 is 2.74 bits per heavy atom. The molecule has 5 rings (SSSR count). The van der Waals surface area contributed by atoms with Crippen molar-refractivity contribution in [1.29, 1.82) is 0 Å². The molecule has 0 aromatic rings. The zero-order chi connectivity index (χ0) is 22.4. The lowest BCUT2D eigenvalue weighted by Gasteiger charge is -2.55. The Morgan fingerprint density at radius 2 is 2.03 bits per heavy atom. The maximum Gasteiger partial charge on any atom is 0.305 e. The van der Waals surface area contributed by atoms with Crippen molar-refractivity contribution in [2.45, 2.75) is 77.1 Å². The molecule has 0 radical (unpaired) electrons. The van der Waals surface area contributed by atoms with Crippen LogP contribution in [0.1, 0.15) is 59.8 Å². The van der Waals surface area contributed by atoms with E-state index in [4.69, 9.17) is 9.47 Å². The molecule has 6 heteroatoms. The minimum Gasteiger partial charge on any atom is -0.458 e. The van der Waals surface area contributed by atoms with Crippen LogP contribution >= 0.6 is 0 Å². The first-order chi connectivity index (χ1) is 14.5. The van der Waals surface area contributed by atoms with Crippen molar-refractivity contribution in [3.63, 3.8) is 0 Å². The lowest BCUT2D eigenvalue weighted by atomic mass is 9.46. The van der Waals surface area contributed by atoms with Gasteiger partial charge in [-0.2, -0.15) is 0 Å². The highest BCUT2D eigenvalue weighted by atomic mass is 16.6. The van der Waals surface area contributed by atoms with Crippen LogP contribution in [0.25, 0.3) is 0 Å². The predicted octanol–water partition coefficient (Wildman–Crippen LogP) is 2.93. The summed E-state index contributed by atoms with van der Waals surface area (Å²) in [6, 6.07) is 0. The number of epoxide rings is 1. The van der Waals surface area contributed by atoms with Crippen LogP contribution < -0.4 is 0 Å². The van der Waals surface area contributed by atoms with Crippen LogP contribution in [0, 0.1) is 28.6 Å². The third-order valence-corrected chi connectivity index (χ3v) is 9.59. The van der Waals surface area contributed by atoms with Crippen LogP contribution in [0.4, 0.5) is 0 Å². The largest absolute Gasteiger partial charge is 0.458 e. The molecule has 0 aromatic carbocycles. The average molecular weight is 429 g/mol. The smallest absolute Gasteiger partial charge is 0.305 e. The monoisotopic (exact) mass is 428 g/mol. The molecule has 6 nitrogen and oxygen atoms in total. The van der Waals surface area contributed by atoms with Crippen molar-refractivity contribution in [3.05, 3.63) is 23.8 Å². The maximum absolute atomic E-state index is 13.2. The van der Waals surface area contributed by atoms with E-state index in [1.807, 2.05) is 19.9 Å². The Hall–Kier alpha value is -1.79. The summed E-state index contributed by atoms with van der Waals surface area (Å²) < 4.78 is 11.6. The van der Waals surface area contributed by atoms with E-state index in [-0.39, 0.29) is 53.7 Å². The molecule has 1 spiro atoms. The number of carbonyl (C=O) groups excluding carboxylic acids is 3. The fraction of sp³-hybridized carbons (Fsp3) is 0.720. The van der Waals surface area contributed by atoms with Gasteiger partial charge in [0.2, 0.25) is 5.78 Å². The second-order valence-corrected chi connectivity index (χ2v) is 10.7. The van der Waals surface area contributed by atoms with Gasteiger partial charge in [-0.25, -0.2) is 0 Å². The van der Waals surface area contributed by atoms with Crippen molar-refractivity contribution in [2.24, 2.45) is 28.6 Å². The number of ketones is 2. The molecular weight excluding hydrogens is 396 g/mol. The van der Waals surface area contributed by atoms with Crippen LogP contribution in [-0.4, -0.2) is 46.6 Å². The number of rotatable bonds is 4. The number of ether oxygens (including phenoxy) is 2. The highest BCUT2D eigenvalue weighted by Crippen LogP contribution is 2.76. The number of fused-ring (bicyclic) bond motifs is 3. The normalized spacial score (nSPS) is 49.3. The third-order valence-electron chi connectivity index (χ3n) is 9.59. The number of esters is 1. The minimum absolute atomic E-state index is 0.0382. The summed E-state index contributed by atoms with van der Waals surface area (Å²) in [5, 5.41) is 11.9. The van der Waals surface area contributed by atoms with Crippen molar-refractivity contribution in [1.82, 2.24) is 0 Å². The molecule has 31 heavy (non-hydrogen) atoms. The number of Topliss-reactive ketones (excluding diaryl/α,β-unsaturated/α-hetero) is 1. The maximum atomic E-state index is 13.2. The second kappa shape index (κ2) is 6.38. The molecule has 1 N–H and O–H groups in total. The molecule has 5 aliphatic rings. The van der Waals surface area contributed by atoms with Gasteiger partial charge in [-0.05, 0) is 62.5 Å². The summed E-state index contributed by atoms with van der Waals surface area (Å²) in [4.78, 5) is 36.8. The number of allylic oxidation sites excluding steroid dienone is 2. The first-order valence-electron chi connectivity index (χ1n) is 11.6. The summed E-state index contributed by atoms with van der Waals surface area (Å²) in [6.45, 7) is 7.45. The van der Waals surface area contributed by atoms with Gasteiger partial charge >= 0.3 is 5.97 Å². The van der Waals surface area contributed by atoms with Crippen LogP contribution in [-0.2, 0) is 23.9 Å². The van der Waals surface area contributed by atoms with Gasteiger partial charge in [0.25, 0.3) is 0 Å². The van der Waals surface area contributed by atoms with E-state index in [1.54, 1.807) is 19.1 Å². The summed E-state index contributed by atoms with van der Waals surface area (Å²) in [5.41, 5.74) is -1.71. The molecular formula is C25H32O6. The van der Waals surface area contributed by atoms with Crippen LogP contribution in [0.5, 0.6) is 0 Å². The number of hydrogen-bond acceptors (Lipinski definition) is 6. The second-order valence-electron chi connectivity index (χ2n) is 10.7. The summed E-state index contributed by atoms with van der Waals surface area (Å²) >= 11 is 0. The van der Waals surface area contributed by atoms with E-state index >= 15 is 0 Å². The molecule has 4 aliphatic carbocycles. The van der Waals surface area contributed by atoms with Gasteiger partial charge in [0, 0.05) is 17.3 Å². The van der Waals surface area contributed by atoms with Crippen LogP contribution in [0.2, 0.25) is 0 Å². The highest BCUT2D eigenvalue weighted by Gasteiger charge is 2.82. The van der Waals surface area contributed by atoms with Crippen molar-refractivity contribution in [3.8, 4) is 0 Å². The van der Waals surface area contributed by atoms with E-state index in [2.05, 4.69) is 6.92 Å². The fourth-order valence-corrected chi connectivity index (χ4v) is 7.94. The van der Waals surface area contributed by atoms with Gasteiger partial charge in [-0.15, -0.1) is 0 Å². The molecule has 0 unspecified atom stereocenters. The van der Waals surface area contributed by atoms with E-state index in [1.165, 1.54) is 0 Å². The molecule has 8 atom stereocenters. The first-order valence-corrected chi connectivity index (χ1v) is 11.6. The fourth-order valence-electron chi connectivity index (χ4n) is 7.94. The molecule has 3 saturated carbocycles. The van der Waals surface area contributed by atoms with Crippen molar-refractivity contribution >= 4 is 17.5 Å². The molecule has 1 saturated heterocycles. The summed E-state index contributed by atoms with van der Waals surface area (Å²) in [5.74, 6) is -0.684. The Bertz CT molecular complexity index is 934. The van der Waals surface area contributed by atoms with Crippen LogP contribution in [0.3, 0.4) is 0 Å². The Balaban J connectivity index is 1.49. The van der Waals surface area contributed by atoms with Gasteiger partial charge in [0.15, 0.2) is 12.4 Å². The van der Waals surface area contributed by atoms with E-state index in [0.29, 0.717) is 6.42 Å². The Morgan fingerprint density at radius 1 is 1.29 bits per heavy atom. The quantitative estimate of drug-likeness (QED) is 0.547. The topological polar surface area (TPSA) is 93.2 Å². The Labute approximate surface area is 183 Å². The molecule has 0 amide bonds. The molecule has 1 heterocycles. The lowest BCUT2D eigenvalue weighted by Crippen LogP contribution is -2.62. The zero-order valence-electron chi connectivity index (χ0n) is 18.8. The van der Waals surface area contributed by atoms with Gasteiger partial charge in [-0.1, -0.05) is 32.4 Å². The predicted molar refractivity (Wildman–Crippen MR) is 112 cm³/mol. The van der Waals surface area contributed by atoms with E-state index < -0.39 is 22.8 Å². The molecule has 0 bridgehead atoms. The van der Waals surface area contributed by atoms with E-state index in [9.17, 15) is 19.5 Å². The molecule has 4 fully saturated rings. The molecule has 168 valence electrons. The van der Waals surface area contributed by atoms with Crippen molar-refractivity contribution in [2.75, 3.05) is 6.61 Å². The van der Waals surface area contributed by atoms with Gasteiger partial charge in [-0.3, -0.25) is 14.4 Å². The summed E-state index contributed by atoms with van der Waals surface area (Å²) in [7, 11) is 0. The van der Waals surface area contributed by atoms with Gasteiger partial charge in [0.1, 0.15) is 11.2 Å². The highest BCUT2D eigenvalue weighted by molar-refractivity contribution is 6.01. The van der Waals surface area contributed by atoms with Gasteiger partial charge in [0.05, 0.1) is 6.10 Å². The number of aliphatic hydroxyl groups is 1. The average Bonchev–Trinajstić information content (AvgIpc) is 3.42. The standard InChI is InChI=1S/C25H32O6/c1-5-21(28)30-13-19(27)24(29)14(2)10-18-17-7-6-15-11-16(26)8-9-22(15,3)25(17)20(31-25)12-23(18,24)4/h8-9,11,14,17-18,20,29H,5-7,10,12-13H2,1-4H3/t14-,17+,18+,20+,22+,23+,24+,25-/m1/s1. The SMILES string of the molecule is CCC(=O)OCC(=O)[C@@]1(O)[C@H](C)C[C@H]2[C@@H]3CCC4=CC(=O)C=C[C@]4(C)[C@@]34O[C@H]4C[C@@]21C. The minimum atomic E-state index is -1.54. The van der Waals surface area contributed by atoms with E-state index in [0.717, 1.165) is 24.8 Å². The number of carbonyl (C=O) groups is 3. The van der Waals surface area contributed by atoms with Crippen LogP contribution in [0.15, 0.2) is 23.8 Å². The van der Waals surface area contributed by atoms with Gasteiger partial charge < -0.3 is 14.6 Å². The zero-order valence-corrected chi connectivity index (χ0v) is 18.8. The first kappa shape index (κ1) is 21.1. The number of hydrogen-bond donors (Lipinski definition) is 1. The molecule has 1 aliphatic heterocycles. The summed E-state index contributed by atoms with van der Waals surface area (Å²) in [6.07, 6.45) is 8.65. The Kier molecular flexibility index (Phi) is 4.34.